The molecular weight excluding hydrogens is 214 g/mol. The SMILES string of the molecule is CCNC1CC(OCCC(C)(C)C)C1OCC. The van der Waals surface area contributed by atoms with Crippen molar-refractivity contribution in [2.75, 3.05) is 19.8 Å². The lowest BCUT2D eigenvalue weighted by Crippen LogP contribution is -2.60. The van der Waals surface area contributed by atoms with Crippen molar-refractivity contribution in [2.45, 2.75) is 65.7 Å². The van der Waals surface area contributed by atoms with E-state index in [4.69, 9.17) is 9.47 Å². The van der Waals surface area contributed by atoms with Crippen molar-refractivity contribution >= 4 is 0 Å². The lowest BCUT2D eigenvalue weighted by molar-refractivity contribution is -0.147. The Bertz CT molecular complexity index is 213. The van der Waals surface area contributed by atoms with Crippen LogP contribution in [0.1, 0.15) is 47.5 Å². The Morgan fingerprint density at radius 3 is 2.41 bits per heavy atom. The van der Waals surface area contributed by atoms with Crippen LogP contribution in [0.2, 0.25) is 0 Å². The Labute approximate surface area is 106 Å². The van der Waals surface area contributed by atoms with Crippen LogP contribution in [0.15, 0.2) is 0 Å². The Balaban J connectivity index is 2.25. The van der Waals surface area contributed by atoms with Gasteiger partial charge >= 0.3 is 0 Å². The molecule has 1 fully saturated rings. The van der Waals surface area contributed by atoms with Crippen LogP contribution < -0.4 is 5.32 Å². The first kappa shape index (κ1) is 14.9. The summed E-state index contributed by atoms with van der Waals surface area (Å²) >= 11 is 0. The fraction of sp³-hybridized carbons (Fsp3) is 1.00. The summed E-state index contributed by atoms with van der Waals surface area (Å²) in [5, 5.41) is 3.45. The molecule has 0 aliphatic heterocycles. The summed E-state index contributed by atoms with van der Waals surface area (Å²) in [6, 6.07) is 0.486. The zero-order valence-corrected chi connectivity index (χ0v) is 12.1. The molecular formula is C14H29NO2. The van der Waals surface area contributed by atoms with E-state index >= 15 is 0 Å². The molecule has 3 nitrogen and oxygen atoms in total. The van der Waals surface area contributed by atoms with Gasteiger partial charge in [-0.2, -0.15) is 0 Å². The van der Waals surface area contributed by atoms with Gasteiger partial charge in [0.15, 0.2) is 0 Å². The van der Waals surface area contributed by atoms with Gasteiger partial charge in [0.25, 0.3) is 0 Å². The third-order valence-corrected chi connectivity index (χ3v) is 3.26. The number of rotatable bonds is 7. The van der Waals surface area contributed by atoms with Crippen LogP contribution in [0.3, 0.4) is 0 Å². The van der Waals surface area contributed by atoms with Crippen molar-refractivity contribution in [2.24, 2.45) is 5.41 Å². The molecule has 1 rings (SSSR count). The molecule has 1 N–H and O–H groups in total. The Kier molecular flexibility index (Phi) is 5.90. The summed E-state index contributed by atoms with van der Waals surface area (Å²) in [5.41, 5.74) is 0.353. The van der Waals surface area contributed by atoms with Gasteiger partial charge in [-0.15, -0.1) is 0 Å². The third-order valence-electron chi connectivity index (χ3n) is 3.26. The average Bonchev–Trinajstić information content (AvgIpc) is 2.22. The summed E-state index contributed by atoms with van der Waals surface area (Å²) in [6.07, 6.45) is 2.73. The molecule has 1 aliphatic rings. The summed E-state index contributed by atoms with van der Waals surface area (Å²) in [4.78, 5) is 0. The van der Waals surface area contributed by atoms with Crippen molar-refractivity contribution in [3.8, 4) is 0 Å². The Hall–Kier alpha value is -0.120. The first-order valence-electron chi connectivity index (χ1n) is 6.94. The summed E-state index contributed by atoms with van der Waals surface area (Å²) in [7, 11) is 0. The Morgan fingerprint density at radius 1 is 1.18 bits per heavy atom. The third kappa shape index (κ3) is 4.94. The first-order chi connectivity index (χ1) is 7.98. The molecule has 3 unspecified atom stereocenters. The summed E-state index contributed by atoms with van der Waals surface area (Å²) < 4.78 is 11.7. The largest absolute Gasteiger partial charge is 0.375 e. The minimum absolute atomic E-state index is 0.250. The molecule has 0 bridgehead atoms. The van der Waals surface area contributed by atoms with E-state index in [9.17, 15) is 0 Å². The van der Waals surface area contributed by atoms with Gasteiger partial charge < -0.3 is 14.8 Å². The fourth-order valence-corrected chi connectivity index (χ4v) is 2.14. The highest BCUT2D eigenvalue weighted by Crippen LogP contribution is 2.28. The van der Waals surface area contributed by atoms with Crippen LogP contribution >= 0.6 is 0 Å². The van der Waals surface area contributed by atoms with Crippen LogP contribution in [0.25, 0.3) is 0 Å². The van der Waals surface area contributed by atoms with Gasteiger partial charge in [-0.3, -0.25) is 0 Å². The molecule has 1 aliphatic carbocycles. The highest BCUT2D eigenvalue weighted by atomic mass is 16.5. The van der Waals surface area contributed by atoms with Crippen molar-refractivity contribution in [3.63, 3.8) is 0 Å². The van der Waals surface area contributed by atoms with Gasteiger partial charge in [-0.05, 0) is 31.7 Å². The van der Waals surface area contributed by atoms with Crippen LogP contribution in [0.5, 0.6) is 0 Å². The zero-order valence-electron chi connectivity index (χ0n) is 12.1. The first-order valence-corrected chi connectivity index (χ1v) is 6.94. The lowest BCUT2D eigenvalue weighted by atomic mass is 9.85. The molecule has 0 heterocycles. The number of nitrogens with one attached hydrogen (secondary N) is 1. The molecule has 3 heteroatoms. The second-order valence-corrected chi connectivity index (χ2v) is 6.04. The minimum atomic E-state index is 0.250. The maximum Gasteiger partial charge on any atom is 0.0990 e. The highest BCUT2D eigenvalue weighted by Gasteiger charge is 2.42. The second-order valence-electron chi connectivity index (χ2n) is 6.04. The van der Waals surface area contributed by atoms with Crippen molar-refractivity contribution < 1.29 is 9.47 Å². The van der Waals surface area contributed by atoms with Gasteiger partial charge in [0, 0.05) is 19.3 Å². The van der Waals surface area contributed by atoms with Gasteiger partial charge in [0.05, 0.1) is 12.2 Å². The van der Waals surface area contributed by atoms with Crippen LogP contribution in [0, 0.1) is 5.41 Å². The van der Waals surface area contributed by atoms with Gasteiger partial charge in [-0.25, -0.2) is 0 Å². The molecule has 102 valence electrons. The second kappa shape index (κ2) is 6.72. The molecule has 0 saturated heterocycles. The summed E-state index contributed by atoms with van der Waals surface area (Å²) in [5.74, 6) is 0. The maximum absolute atomic E-state index is 5.93. The molecule has 3 atom stereocenters. The molecule has 0 radical (unpaired) electrons. The van der Waals surface area contributed by atoms with E-state index in [1.54, 1.807) is 0 Å². The monoisotopic (exact) mass is 243 g/mol. The molecule has 0 spiro atoms. The number of hydrogen-bond donors (Lipinski definition) is 1. The maximum atomic E-state index is 5.93. The Morgan fingerprint density at radius 2 is 1.88 bits per heavy atom. The number of ether oxygens (including phenoxy) is 2. The quantitative estimate of drug-likeness (QED) is 0.745. The molecule has 0 aromatic carbocycles. The smallest absolute Gasteiger partial charge is 0.0990 e. The van der Waals surface area contributed by atoms with Crippen molar-refractivity contribution in [3.05, 3.63) is 0 Å². The predicted octanol–water partition coefficient (Wildman–Crippen LogP) is 2.59. The van der Waals surface area contributed by atoms with Crippen molar-refractivity contribution in [1.29, 1.82) is 0 Å². The average molecular weight is 243 g/mol. The van der Waals surface area contributed by atoms with E-state index in [-0.39, 0.29) is 6.10 Å². The number of hydrogen-bond acceptors (Lipinski definition) is 3. The summed E-state index contributed by atoms with van der Waals surface area (Å²) in [6.45, 7) is 13.5. The number of likely N-dealkylation sites (N-methyl/N-ethyl adjacent to an activating group) is 1. The zero-order chi connectivity index (χ0) is 12.9. The van der Waals surface area contributed by atoms with E-state index in [0.717, 1.165) is 32.6 Å². The fourth-order valence-electron chi connectivity index (χ4n) is 2.14. The molecule has 17 heavy (non-hydrogen) atoms. The topological polar surface area (TPSA) is 30.5 Å². The molecule has 0 aromatic rings. The predicted molar refractivity (Wildman–Crippen MR) is 71.3 cm³/mol. The normalized spacial score (nSPS) is 29.1. The van der Waals surface area contributed by atoms with Gasteiger partial charge in [0.2, 0.25) is 0 Å². The lowest BCUT2D eigenvalue weighted by Gasteiger charge is -2.44. The minimum Gasteiger partial charge on any atom is -0.375 e. The van der Waals surface area contributed by atoms with Crippen LogP contribution in [0.4, 0.5) is 0 Å². The van der Waals surface area contributed by atoms with Gasteiger partial charge in [0.1, 0.15) is 0 Å². The van der Waals surface area contributed by atoms with Crippen molar-refractivity contribution in [1.82, 2.24) is 5.32 Å². The van der Waals surface area contributed by atoms with E-state index in [1.165, 1.54) is 0 Å². The van der Waals surface area contributed by atoms with Crippen LogP contribution in [-0.2, 0) is 9.47 Å². The van der Waals surface area contributed by atoms with E-state index in [0.29, 0.717) is 17.6 Å². The molecule has 0 amide bonds. The van der Waals surface area contributed by atoms with Gasteiger partial charge in [-0.1, -0.05) is 27.7 Å². The highest BCUT2D eigenvalue weighted by molar-refractivity contribution is 4.97. The van der Waals surface area contributed by atoms with E-state index in [2.05, 4.69) is 33.0 Å². The molecule has 0 aromatic heterocycles. The van der Waals surface area contributed by atoms with Crippen LogP contribution in [-0.4, -0.2) is 38.0 Å². The molecule has 1 saturated carbocycles. The van der Waals surface area contributed by atoms with E-state index in [1.807, 2.05) is 6.92 Å². The standard InChI is InChI=1S/C14H29NO2/c1-6-15-11-10-12(13(11)16-7-2)17-9-8-14(3,4)5/h11-13,15H,6-10H2,1-5H3. The van der Waals surface area contributed by atoms with E-state index < -0.39 is 0 Å².